The van der Waals surface area contributed by atoms with Crippen molar-refractivity contribution in [1.29, 1.82) is 0 Å². The average Bonchev–Trinajstić information content (AvgIpc) is 2.70. The lowest BCUT2D eigenvalue weighted by Gasteiger charge is -2.37. The molecule has 1 saturated carbocycles. The Morgan fingerprint density at radius 2 is 1.67 bits per heavy atom. The van der Waals surface area contributed by atoms with E-state index in [2.05, 4.69) is 0 Å². The molecule has 0 spiro atoms. The van der Waals surface area contributed by atoms with Gasteiger partial charge in [-0.05, 0) is 67.6 Å². The number of halogens is 2. The van der Waals surface area contributed by atoms with Crippen LogP contribution >= 0.6 is 0 Å². The first-order valence-electron chi connectivity index (χ1n) is 11.1. The molecule has 1 aliphatic heterocycles. The molecule has 3 rings (SSSR count). The smallest absolute Gasteiger partial charge is 0.159 e. The van der Waals surface area contributed by atoms with Gasteiger partial charge in [-0.15, -0.1) is 0 Å². The second-order valence-electron chi connectivity index (χ2n) is 8.98. The second kappa shape index (κ2) is 10.7. The van der Waals surface area contributed by atoms with Gasteiger partial charge in [0.05, 0.1) is 0 Å². The van der Waals surface area contributed by atoms with Crippen molar-refractivity contribution in [3.63, 3.8) is 0 Å². The van der Waals surface area contributed by atoms with Crippen molar-refractivity contribution in [3.05, 3.63) is 35.4 Å². The number of benzene rings is 1. The van der Waals surface area contributed by atoms with Crippen LogP contribution in [0, 0.1) is 29.4 Å². The molecule has 2 aliphatic rings. The quantitative estimate of drug-likeness (QED) is 0.367. The molecule has 1 heterocycles. The van der Waals surface area contributed by atoms with Gasteiger partial charge in [0.1, 0.15) is 0 Å². The summed E-state index contributed by atoms with van der Waals surface area (Å²) in [4.78, 5) is 0. The molecule has 0 aromatic heterocycles. The topological polar surface area (TPSA) is 9.23 Å². The van der Waals surface area contributed by atoms with Gasteiger partial charge in [0.2, 0.25) is 0 Å². The average molecular weight is 395 g/mol. The maximum absolute atomic E-state index is 13.3. The zero-order valence-electron chi connectivity index (χ0n) is 16.9. The standard InChI is InChI=1S/C23H36F2OSi/c1-26-13-2-14-27-15-11-21(12-16-27)20-8-5-18(6-9-20)3-4-19-7-10-22(24)23(25)17-19/h7,10,17-18,20-21,27H,2-6,8-9,11-16H2,1H3. The first kappa shape index (κ1) is 21.0. The zero-order valence-corrected chi connectivity index (χ0v) is 18.1. The number of rotatable bonds is 8. The Hall–Kier alpha value is -0.743. The fourth-order valence-electron chi connectivity index (χ4n) is 5.48. The summed E-state index contributed by atoms with van der Waals surface area (Å²) in [7, 11) is 1.36. The molecular formula is C23H36F2OSi. The van der Waals surface area contributed by atoms with E-state index in [0.717, 1.165) is 42.8 Å². The Kier molecular flexibility index (Phi) is 8.32. The van der Waals surface area contributed by atoms with Crippen molar-refractivity contribution in [1.82, 2.24) is 0 Å². The molecule has 1 aromatic rings. The summed E-state index contributed by atoms with van der Waals surface area (Å²) in [6.45, 7) is 0.946. The molecule has 0 atom stereocenters. The zero-order chi connectivity index (χ0) is 19.1. The van der Waals surface area contributed by atoms with Crippen LogP contribution in [0.3, 0.4) is 0 Å². The number of aryl methyl sites for hydroxylation is 1. The van der Waals surface area contributed by atoms with Gasteiger partial charge in [-0.25, -0.2) is 8.78 Å². The van der Waals surface area contributed by atoms with E-state index in [1.165, 1.54) is 63.1 Å². The lowest BCUT2D eigenvalue weighted by molar-refractivity contribution is 0.185. The largest absolute Gasteiger partial charge is 0.385 e. The molecule has 1 saturated heterocycles. The second-order valence-corrected chi connectivity index (χ2v) is 12.4. The van der Waals surface area contributed by atoms with Crippen LogP contribution in [0.25, 0.3) is 0 Å². The molecule has 0 unspecified atom stereocenters. The van der Waals surface area contributed by atoms with Gasteiger partial charge < -0.3 is 4.74 Å². The van der Waals surface area contributed by atoms with E-state index in [1.54, 1.807) is 18.2 Å². The van der Waals surface area contributed by atoms with E-state index >= 15 is 0 Å². The van der Waals surface area contributed by atoms with Gasteiger partial charge in [0.25, 0.3) is 0 Å². The minimum absolute atomic E-state index is 0.454. The lowest BCUT2D eigenvalue weighted by atomic mass is 9.73. The number of hydrogen-bond acceptors (Lipinski definition) is 1. The Labute approximate surface area is 165 Å². The summed E-state index contributed by atoms with van der Waals surface area (Å²) in [5.41, 5.74) is 0.938. The van der Waals surface area contributed by atoms with Crippen molar-refractivity contribution in [3.8, 4) is 0 Å². The van der Waals surface area contributed by atoms with Crippen LogP contribution in [0.2, 0.25) is 18.1 Å². The Morgan fingerprint density at radius 3 is 2.33 bits per heavy atom. The molecule has 2 fully saturated rings. The molecule has 4 heteroatoms. The maximum Gasteiger partial charge on any atom is 0.159 e. The fourth-order valence-corrected chi connectivity index (χ4v) is 8.89. The molecular weight excluding hydrogens is 358 g/mol. The highest BCUT2D eigenvalue weighted by molar-refractivity contribution is 6.58. The summed E-state index contributed by atoms with van der Waals surface area (Å²) in [6.07, 6.45) is 11.7. The molecule has 152 valence electrons. The normalized spacial score (nSPS) is 29.0. The Balaban J connectivity index is 1.34. The lowest BCUT2D eigenvalue weighted by Crippen LogP contribution is -2.28. The number of hydrogen-bond donors (Lipinski definition) is 0. The summed E-state index contributed by atoms with van der Waals surface area (Å²) < 4.78 is 31.6. The van der Waals surface area contributed by atoms with Gasteiger partial charge >= 0.3 is 0 Å². The van der Waals surface area contributed by atoms with E-state index in [0.29, 0.717) is 0 Å². The van der Waals surface area contributed by atoms with E-state index < -0.39 is 20.4 Å². The fraction of sp³-hybridized carbons (Fsp3) is 0.739. The molecule has 0 bridgehead atoms. The van der Waals surface area contributed by atoms with Gasteiger partial charge in [-0.2, -0.15) is 0 Å². The van der Waals surface area contributed by atoms with Crippen LogP contribution in [-0.4, -0.2) is 22.5 Å². The molecule has 27 heavy (non-hydrogen) atoms. The van der Waals surface area contributed by atoms with Gasteiger partial charge in [0, 0.05) is 22.5 Å². The summed E-state index contributed by atoms with van der Waals surface area (Å²) >= 11 is 0. The molecule has 1 nitrogen and oxygen atoms in total. The van der Waals surface area contributed by atoms with E-state index in [1.807, 2.05) is 7.11 Å². The van der Waals surface area contributed by atoms with Gasteiger partial charge in [-0.1, -0.05) is 49.9 Å². The first-order chi connectivity index (χ1) is 13.2. The van der Waals surface area contributed by atoms with E-state index in [4.69, 9.17) is 4.74 Å². The minimum Gasteiger partial charge on any atom is -0.385 e. The minimum atomic E-state index is -0.740. The third kappa shape index (κ3) is 6.38. The molecule has 1 aromatic carbocycles. The monoisotopic (exact) mass is 394 g/mol. The van der Waals surface area contributed by atoms with E-state index in [9.17, 15) is 8.78 Å². The van der Waals surface area contributed by atoms with Crippen LogP contribution < -0.4 is 0 Å². The van der Waals surface area contributed by atoms with Gasteiger partial charge in [0.15, 0.2) is 11.6 Å². The Morgan fingerprint density at radius 1 is 0.963 bits per heavy atom. The molecule has 0 amide bonds. The third-order valence-electron chi connectivity index (χ3n) is 7.24. The van der Waals surface area contributed by atoms with Gasteiger partial charge in [-0.3, -0.25) is 0 Å². The highest BCUT2D eigenvalue weighted by Crippen LogP contribution is 2.41. The number of ether oxygens (including phenoxy) is 1. The SMILES string of the molecule is COCCC[SiH]1CCC(C2CCC(CCc3ccc(F)c(F)c3)CC2)CC1. The van der Waals surface area contributed by atoms with Crippen molar-refractivity contribution >= 4 is 8.80 Å². The van der Waals surface area contributed by atoms with E-state index in [-0.39, 0.29) is 0 Å². The molecule has 0 N–H and O–H groups in total. The highest BCUT2D eigenvalue weighted by Gasteiger charge is 2.31. The van der Waals surface area contributed by atoms with Crippen LogP contribution in [0.1, 0.15) is 56.9 Å². The van der Waals surface area contributed by atoms with Crippen LogP contribution in [-0.2, 0) is 11.2 Å². The van der Waals surface area contributed by atoms with Crippen LogP contribution in [0.4, 0.5) is 8.78 Å². The summed E-state index contributed by atoms with van der Waals surface area (Å²) in [6, 6.07) is 8.97. The van der Waals surface area contributed by atoms with Crippen LogP contribution in [0.15, 0.2) is 18.2 Å². The maximum atomic E-state index is 13.3. The van der Waals surface area contributed by atoms with Crippen molar-refractivity contribution < 1.29 is 13.5 Å². The van der Waals surface area contributed by atoms with Crippen molar-refractivity contribution in [2.24, 2.45) is 17.8 Å². The Bertz CT molecular complexity index is 563. The third-order valence-corrected chi connectivity index (χ3v) is 10.8. The first-order valence-corrected chi connectivity index (χ1v) is 13.5. The predicted molar refractivity (Wildman–Crippen MR) is 111 cm³/mol. The summed E-state index contributed by atoms with van der Waals surface area (Å²) in [5.74, 6) is 1.27. The van der Waals surface area contributed by atoms with Crippen molar-refractivity contribution in [2.75, 3.05) is 13.7 Å². The van der Waals surface area contributed by atoms with Crippen molar-refractivity contribution in [2.45, 2.75) is 75.9 Å². The molecule has 1 aliphatic carbocycles. The highest BCUT2D eigenvalue weighted by atomic mass is 28.3. The summed E-state index contributed by atoms with van der Waals surface area (Å²) in [5, 5.41) is 0. The predicted octanol–water partition coefficient (Wildman–Crippen LogP) is 6.38. The molecule has 0 radical (unpaired) electrons. The van der Waals surface area contributed by atoms with Crippen LogP contribution in [0.5, 0.6) is 0 Å². The number of methoxy groups -OCH3 is 1.